The van der Waals surface area contributed by atoms with Crippen LogP contribution < -0.4 is 4.31 Å². The molecule has 1 saturated carbocycles. The molecule has 4 rings (SSSR count). The second-order valence-electron chi connectivity index (χ2n) is 7.49. The average Bonchev–Trinajstić information content (AvgIpc) is 3.32. The highest BCUT2D eigenvalue weighted by Gasteiger charge is 2.28. The molecule has 29 heavy (non-hydrogen) atoms. The monoisotopic (exact) mass is 419 g/mol. The number of rotatable bonds is 6. The Kier molecular flexibility index (Phi) is 5.29. The molecule has 0 spiro atoms. The molecule has 1 fully saturated rings. The number of nitrogens with zero attached hydrogens (tertiary/aromatic N) is 2. The molecular formula is C21H23F2N3O2S. The van der Waals surface area contributed by atoms with E-state index in [9.17, 15) is 17.2 Å². The van der Waals surface area contributed by atoms with Gasteiger partial charge in [0, 0.05) is 17.6 Å². The Bertz CT molecular complexity index is 1140. The number of hydrogen-bond donors (Lipinski definition) is 1. The van der Waals surface area contributed by atoms with E-state index in [1.165, 1.54) is 19.0 Å². The maximum atomic E-state index is 14.6. The van der Waals surface area contributed by atoms with Gasteiger partial charge in [-0.05, 0) is 48.9 Å². The lowest BCUT2D eigenvalue weighted by Crippen LogP contribution is -2.29. The van der Waals surface area contributed by atoms with Crippen molar-refractivity contribution in [2.75, 3.05) is 10.1 Å². The Hall–Kier alpha value is -2.48. The van der Waals surface area contributed by atoms with E-state index < -0.39 is 21.7 Å². The molecule has 1 aliphatic rings. The summed E-state index contributed by atoms with van der Waals surface area (Å²) in [6.07, 6.45) is 8.22. The minimum atomic E-state index is -3.88. The summed E-state index contributed by atoms with van der Waals surface area (Å²) in [5.41, 5.74) is 1.82. The normalized spacial score (nSPS) is 15.3. The Morgan fingerprint density at radius 3 is 2.66 bits per heavy atom. The zero-order valence-corrected chi connectivity index (χ0v) is 17.0. The lowest BCUT2D eigenvalue weighted by molar-refractivity contribution is 0.578. The number of pyridine rings is 1. The number of benzene rings is 1. The van der Waals surface area contributed by atoms with Crippen molar-refractivity contribution in [2.24, 2.45) is 0 Å². The number of aromatic amines is 1. The van der Waals surface area contributed by atoms with Gasteiger partial charge in [0.05, 0.1) is 23.3 Å². The number of sulfonamides is 1. The van der Waals surface area contributed by atoms with Crippen LogP contribution in [0.15, 0.2) is 36.7 Å². The van der Waals surface area contributed by atoms with Gasteiger partial charge in [0.15, 0.2) is 5.82 Å². The van der Waals surface area contributed by atoms with Gasteiger partial charge >= 0.3 is 0 Å². The molecule has 0 saturated heterocycles. The molecule has 5 nitrogen and oxygen atoms in total. The van der Waals surface area contributed by atoms with Crippen LogP contribution in [-0.2, 0) is 10.0 Å². The number of anilines is 2. The van der Waals surface area contributed by atoms with Crippen LogP contribution in [0.25, 0.3) is 11.0 Å². The molecular weight excluding hydrogens is 396 g/mol. The number of halogens is 2. The summed E-state index contributed by atoms with van der Waals surface area (Å²) < 4.78 is 55.0. The van der Waals surface area contributed by atoms with Gasteiger partial charge < -0.3 is 4.98 Å². The van der Waals surface area contributed by atoms with Crippen molar-refractivity contribution < 1.29 is 17.2 Å². The lowest BCUT2D eigenvalue weighted by atomic mass is 9.98. The molecule has 3 aromatic rings. The van der Waals surface area contributed by atoms with E-state index >= 15 is 0 Å². The van der Waals surface area contributed by atoms with Crippen LogP contribution in [0.2, 0.25) is 0 Å². The minimum Gasteiger partial charge on any atom is -0.346 e. The van der Waals surface area contributed by atoms with Crippen molar-refractivity contribution in [1.29, 1.82) is 0 Å². The van der Waals surface area contributed by atoms with Gasteiger partial charge in [-0.25, -0.2) is 26.5 Å². The Morgan fingerprint density at radius 1 is 1.21 bits per heavy atom. The summed E-state index contributed by atoms with van der Waals surface area (Å²) in [5, 5.41) is 0.841. The summed E-state index contributed by atoms with van der Waals surface area (Å²) in [6, 6.07) is 4.63. The van der Waals surface area contributed by atoms with E-state index in [1.807, 2.05) is 6.20 Å². The van der Waals surface area contributed by atoms with E-state index in [1.54, 1.807) is 13.0 Å². The third-order valence-electron chi connectivity index (χ3n) is 5.45. The van der Waals surface area contributed by atoms with Crippen LogP contribution in [0.1, 0.15) is 50.5 Å². The van der Waals surface area contributed by atoms with Crippen LogP contribution in [0.4, 0.5) is 20.2 Å². The van der Waals surface area contributed by atoms with Crippen molar-refractivity contribution in [3.05, 3.63) is 53.9 Å². The van der Waals surface area contributed by atoms with Gasteiger partial charge in [-0.3, -0.25) is 0 Å². The number of aromatic nitrogens is 2. The van der Waals surface area contributed by atoms with Crippen molar-refractivity contribution in [2.45, 2.75) is 44.9 Å². The quantitative estimate of drug-likeness (QED) is 0.584. The van der Waals surface area contributed by atoms with Gasteiger partial charge in [-0.2, -0.15) is 0 Å². The van der Waals surface area contributed by atoms with Crippen LogP contribution in [0.3, 0.4) is 0 Å². The summed E-state index contributed by atoms with van der Waals surface area (Å²) in [6.45, 7) is 1.74. The van der Waals surface area contributed by atoms with Gasteiger partial charge in [0.2, 0.25) is 10.0 Å². The molecule has 1 aliphatic carbocycles. The number of nitrogens with one attached hydrogen (secondary N) is 1. The fourth-order valence-electron chi connectivity index (χ4n) is 4.14. The first-order chi connectivity index (χ1) is 13.9. The summed E-state index contributed by atoms with van der Waals surface area (Å²) in [4.78, 5) is 7.53. The number of fused-ring (bicyclic) bond motifs is 1. The zero-order chi connectivity index (χ0) is 20.6. The van der Waals surface area contributed by atoms with Crippen LogP contribution in [0.5, 0.6) is 0 Å². The maximum Gasteiger partial charge on any atom is 0.239 e. The highest BCUT2D eigenvalue weighted by molar-refractivity contribution is 7.93. The van der Waals surface area contributed by atoms with E-state index in [0.717, 1.165) is 40.2 Å². The molecule has 2 heterocycles. The molecule has 0 unspecified atom stereocenters. The van der Waals surface area contributed by atoms with Crippen molar-refractivity contribution in [1.82, 2.24) is 9.97 Å². The standard InChI is InChI=1S/C21H23F2N3O2S/c1-2-9-29(27,28)26(20-8-7-15(22)10-19(20)23)16-11-17-18(14-5-3-4-6-14)13-25-21(17)24-12-16/h7-8,10-14H,2-6,9H2,1H3,(H,24,25). The third kappa shape index (κ3) is 3.73. The average molecular weight is 419 g/mol. The van der Waals surface area contributed by atoms with Crippen molar-refractivity contribution >= 4 is 32.4 Å². The zero-order valence-electron chi connectivity index (χ0n) is 16.2. The SMILES string of the molecule is CCCS(=O)(=O)N(c1cnc2[nH]cc(C3CCCC3)c2c1)c1ccc(F)cc1F. The molecule has 8 heteroatoms. The van der Waals surface area contributed by atoms with Crippen molar-refractivity contribution in [3.63, 3.8) is 0 Å². The third-order valence-corrected chi connectivity index (χ3v) is 7.33. The molecule has 0 radical (unpaired) electrons. The highest BCUT2D eigenvalue weighted by Crippen LogP contribution is 2.39. The first kappa shape index (κ1) is 19.8. The van der Waals surface area contributed by atoms with Crippen LogP contribution in [0, 0.1) is 11.6 Å². The summed E-state index contributed by atoms with van der Waals surface area (Å²) in [7, 11) is -3.88. The summed E-state index contributed by atoms with van der Waals surface area (Å²) >= 11 is 0. The second kappa shape index (κ2) is 7.74. The van der Waals surface area contributed by atoms with Gasteiger partial charge in [0.1, 0.15) is 11.5 Å². The predicted molar refractivity (Wildman–Crippen MR) is 110 cm³/mol. The first-order valence-electron chi connectivity index (χ1n) is 9.86. The Morgan fingerprint density at radius 2 is 1.97 bits per heavy atom. The lowest BCUT2D eigenvalue weighted by Gasteiger charge is -2.24. The molecule has 0 atom stereocenters. The van der Waals surface area contributed by atoms with Gasteiger partial charge in [-0.15, -0.1) is 0 Å². The highest BCUT2D eigenvalue weighted by atomic mass is 32.2. The fraction of sp³-hybridized carbons (Fsp3) is 0.381. The van der Waals surface area contributed by atoms with Crippen LogP contribution >= 0.6 is 0 Å². The van der Waals surface area contributed by atoms with E-state index in [2.05, 4.69) is 9.97 Å². The topological polar surface area (TPSA) is 66.1 Å². The summed E-state index contributed by atoms with van der Waals surface area (Å²) in [5.74, 6) is -1.45. The van der Waals surface area contributed by atoms with E-state index in [0.29, 0.717) is 24.1 Å². The van der Waals surface area contributed by atoms with E-state index in [4.69, 9.17) is 0 Å². The molecule has 1 N–H and O–H groups in total. The number of H-pyrrole nitrogens is 1. The molecule has 0 bridgehead atoms. The van der Waals surface area contributed by atoms with Gasteiger partial charge in [-0.1, -0.05) is 19.8 Å². The first-order valence-corrected chi connectivity index (χ1v) is 11.5. The number of hydrogen-bond acceptors (Lipinski definition) is 3. The molecule has 0 aliphatic heterocycles. The molecule has 154 valence electrons. The smallest absolute Gasteiger partial charge is 0.239 e. The van der Waals surface area contributed by atoms with Crippen molar-refractivity contribution in [3.8, 4) is 0 Å². The van der Waals surface area contributed by atoms with Crippen LogP contribution in [-0.4, -0.2) is 24.1 Å². The maximum absolute atomic E-state index is 14.6. The Labute approximate surface area is 168 Å². The second-order valence-corrected chi connectivity index (χ2v) is 9.43. The molecule has 0 amide bonds. The Balaban J connectivity index is 1.88. The molecule has 2 aromatic heterocycles. The molecule has 1 aromatic carbocycles. The predicted octanol–water partition coefficient (Wildman–Crippen LogP) is 5.38. The fourth-order valence-corrected chi connectivity index (χ4v) is 5.71. The van der Waals surface area contributed by atoms with Gasteiger partial charge in [0.25, 0.3) is 0 Å². The minimum absolute atomic E-state index is 0.162. The van der Waals surface area contributed by atoms with E-state index in [-0.39, 0.29) is 17.1 Å². The largest absolute Gasteiger partial charge is 0.346 e.